The molecule has 1 aliphatic heterocycles. The highest BCUT2D eigenvalue weighted by atomic mass is 32.2. The second-order valence-electron chi connectivity index (χ2n) is 5.07. The van der Waals surface area contributed by atoms with Gasteiger partial charge >= 0.3 is 0 Å². The average molecular weight is 338 g/mol. The van der Waals surface area contributed by atoms with Crippen LogP contribution in [0.25, 0.3) is 0 Å². The summed E-state index contributed by atoms with van der Waals surface area (Å²) in [5, 5.41) is 15.2. The molecule has 1 aliphatic rings. The van der Waals surface area contributed by atoms with Gasteiger partial charge in [0.25, 0.3) is 5.69 Å². The van der Waals surface area contributed by atoms with Crippen molar-refractivity contribution in [2.45, 2.75) is 17.9 Å². The Morgan fingerprint density at radius 2 is 2.22 bits per heavy atom. The van der Waals surface area contributed by atoms with Crippen molar-refractivity contribution in [1.82, 2.24) is 9.88 Å². The highest BCUT2D eigenvalue weighted by Gasteiger charge is 2.27. The monoisotopic (exact) mass is 338 g/mol. The molecule has 9 nitrogen and oxygen atoms in total. The number of sulfonamides is 1. The Hall–Kier alpha value is -2.46. The van der Waals surface area contributed by atoms with Crippen molar-refractivity contribution < 1.29 is 17.9 Å². The smallest absolute Gasteiger partial charge is 0.293 e. The van der Waals surface area contributed by atoms with Gasteiger partial charge in [-0.15, -0.1) is 0 Å². The molecule has 0 saturated heterocycles. The van der Waals surface area contributed by atoms with E-state index in [0.717, 1.165) is 17.3 Å². The summed E-state index contributed by atoms with van der Waals surface area (Å²) < 4.78 is 30.7. The second-order valence-corrected chi connectivity index (χ2v) is 6.96. The highest BCUT2D eigenvalue weighted by Crippen LogP contribution is 2.33. The highest BCUT2D eigenvalue weighted by molar-refractivity contribution is 7.89. The first-order valence-corrected chi connectivity index (χ1v) is 8.30. The second kappa shape index (κ2) is 5.63. The fourth-order valence-corrected chi connectivity index (χ4v) is 3.30. The molecule has 3 rings (SSSR count). The van der Waals surface area contributed by atoms with Gasteiger partial charge in [0.05, 0.1) is 15.5 Å². The zero-order valence-electron chi connectivity index (χ0n) is 12.2. The van der Waals surface area contributed by atoms with Crippen LogP contribution in [0.1, 0.15) is 11.3 Å². The van der Waals surface area contributed by atoms with Crippen LogP contribution in [-0.2, 0) is 23.0 Å². The summed E-state index contributed by atoms with van der Waals surface area (Å²) >= 11 is 0. The zero-order chi connectivity index (χ0) is 16.6. The van der Waals surface area contributed by atoms with Gasteiger partial charge in [0.15, 0.2) is 0 Å². The van der Waals surface area contributed by atoms with Crippen LogP contribution >= 0.6 is 0 Å². The molecule has 0 aliphatic carbocycles. The predicted octanol–water partition coefficient (Wildman–Crippen LogP) is 1.05. The van der Waals surface area contributed by atoms with E-state index in [2.05, 4.69) is 9.88 Å². The molecule has 1 aromatic carbocycles. The number of rotatable bonds is 4. The summed E-state index contributed by atoms with van der Waals surface area (Å²) in [6.07, 6.45) is 2.13. The molecule has 2 aromatic rings. The van der Waals surface area contributed by atoms with Gasteiger partial charge in [-0.25, -0.2) is 13.1 Å². The SMILES string of the molecule is CNS(=O)(=O)c1ccc(N2CCc3nocc3C2)c([N+](=O)[O-])c1. The Bertz CT molecular complexity index is 861. The van der Waals surface area contributed by atoms with Crippen molar-refractivity contribution in [3.8, 4) is 0 Å². The molecule has 0 spiro atoms. The molecule has 1 aromatic heterocycles. The topological polar surface area (TPSA) is 119 Å². The first-order valence-electron chi connectivity index (χ1n) is 6.81. The third-order valence-electron chi connectivity index (χ3n) is 3.77. The van der Waals surface area contributed by atoms with Gasteiger partial charge in [0.2, 0.25) is 10.0 Å². The van der Waals surface area contributed by atoms with Crippen LogP contribution in [0.3, 0.4) is 0 Å². The van der Waals surface area contributed by atoms with Crippen LogP contribution in [0.15, 0.2) is 33.9 Å². The molecule has 0 saturated carbocycles. The fourth-order valence-electron chi connectivity index (χ4n) is 2.55. The maximum Gasteiger partial charge on any atom is 0.293 e. The number of nitro benzene ring substituents is 1. The van der Waals surface area contributed by atoms with Crippen LogP contribution in [0, 0.1) is 10.1 Å². The van der Waals surface area contributed by atoms with E-state index in [9.17, 15) is 18.5 Å². The van der Waals surface area contributed by atoms with Gasteiger partial charge in [0, 0.05) is 31.1 Å². The van der Waals surface area contributed by atoms with Gasteiger partial charge in [-0.2, -0.15) is 0 Å². The summed E-state index contributed by atoms with van der Waals surface area (Å²) in [4.78, 5) is 12.5. The van der Waals surface area contributed by atoms with Crippen molar-refractivity contribution in [2.75, 3.05) is 18.5 Å². The molecule has 0 atom stereocenters. The number of nitrogens with one attached hydrogen (secondary N) is 1. The van der Waals surface area contributed by atoms with Crippen LogP contribution in [0.4, 0.5) is 11.4 Å². The number of benzene rings is 1. The van der Waals surface area contributed by atoms with Crippen molar-refractivity contribution in [3.05, 3.63) is 45.8 Å². The molecule has 23 heavy (non-hydrogen) atoms. The maximum atomic E-state index is 11.8. The Kier molecular flexibility index (Phi) is 3.78. The lowest BCUT2D eigenvalue weighted by molar-refractivity contribution is -0.384. The van der Waals surface area contributed by atoms with Gasteiger partial charge in [-0.1, -0.05) is 5.16 Å². The predicted molar refractivity (Wildman–Crippen MR) is 80.6 cm³/mol. The van der Waals surface area contributed by atoms with Crippen LogP contribution in [0.5, 0.6) is 0 Å². The minimum atomic E-state index is -3.74. The minimum absolute atomic E-state index is 0.141. The van der Waals surface area contributed by atoms with E-state index in [4.69, 9.17) is 4.52 Å². The number of nitro groups is 1. The number of fused-ring (bicyclic) bond motifs is 1. The largest absolute Gasteiger partial charge is 0.364 e. The molecule has 0 unspecified atom stereocenters. The maximum absolute atomic E-state index is 11.8. The van der Waals surface area contributed by atoms with Crippen molar-refractivity contribution in [3.63, 3.8) is 0 Å². The molecule has 10 heteroatoms. The van der Waals surface area contributed by atoms with E-state index < -0.39 is 14.9 Å². The van der Waals surface area contributed by atoms with Crippen LogP contribution < -0.4 is 9.62 Å². The van der Waals surface area contributed by atoms with E-state index in [-0.39, 0.29) is 10.6 Å². The first-order chi connectivity index (χ1) is 10.9. The van der Waals surface area contributed by atoms with Gasteiger partial charge in [-0.3, -0.25) is 10.1 Å². The van der Waals surface area contributed by atoms with Crippen LogP contribution in [0.2, 0.25) is 0 Å². The lowest BCUT2D eigenvalue weighted by atomic mass is 10.1. The number of hydrogen-bond donors (Lipinski definition) is 1. The molecule has 0 fully saturated rings. The number of nitrogens with zero attached hydrogens (tertiary/aromatic N) is 3. The Labute approximate surface area is 132 Å². The average Bonchev–Trinajstić information content (AvgIpc) is 3.01. The third-order valence-corrected chi connectivity index (χ3v) is 5.18. The minimum Gasteiger partial charge on any atom is -0.364 e. The molecular formula is C13H14N4O5S. The number of anilines is 1. The Balaban J connectivity index is 2.02. The lowest BCUT2D eigenvalue weighted by Crippen LogP contribution is -2.30. The van der Waals surface area contributed by atoms with Crippen molar-refractivity contribution in [2.24, 2.45) is 0 Å². The summed E-state index contributed by atoms with van der Waals surface area (Å²) in [5.74, 6) is 0. The van der Waals surface area contributed by atoms with E-state index >= 15 is 0 Å². The summed E-state index contributed by atoms with van der Waals surface area (Å²) in [6, 6.07) is 3.89. The Morgan fingerprint density at radius 3 is 2.91 bits per heavy atom. The van der Waals surface area contributed by atoms with E-state index in [0.29, 0.717) is 25.2 Å². The standard InChI is InChI=1S/C13H14N4O5S/c1-14-23(20,21)10-2-3-12(13(6-10)17(18)19)16-5-4-11-9(7-16)8-22-15-11/h2-3,6,8,14H,4-5,7H2,1H3. The summed E-state index contributed by atoms with van der Waals surface area (Å²) in [7, 11) is -2.48. The normalized spacial score (nSPS) is 14.6. The number of aromatic nitrogens is 1. The fraction of sp³-hybridized carbons (Fsp3) is 0.308. The van der Waals surface area contributed by atoms with Gasteiger partial charge in [0.1, 0.15) is 12.0 Å². The summed E-state index contributed by atoms with van der Waals surface area (Å²) in [5.41, 5.74) is 1.84. The van der Waals surface area contributed by atoms with E-state index in [1.165, 1.54) is 25.4 Å². The molecule has 0 bridgehead atoms. The van der Waals surface area contributed by atoms with Crippen molar-refractivity contribution in [1.29, 1.82) is 0 Å². The molecule has 2 heterocycles. The first kappa shape index (κ1) is 15.4. The quantitative estimate of drug-likeness (QED) is 0.654. The molecule has 1 N–H and O–H groups in total. The summed E-state index contributed by atoms with van der Waals surface area (Å²) in [6.45, 7) is 0.969. The molecule has 122 valence electrons. The van der Waals surface area contributed by atoms with Crippen LogP contribution in [-0.4, -0.2) is 32.1 Å². The van der Waals surface area contributed by atoms with Crippen molar-refractivity contribution >= 4 is 21.4 Å². The molecular weight excluding hydrogens is 324 g/mol. The zero-order valence-corrected chi connectivity index (χ0v) is 13.0. The Morgan fingerprint density at radius 1 is 1.43 bits per heavy atom. The number of hydrogen-bond acceptors (Lipinski definition) is 7. The van der Waals surface area contributed by atoms with E-state index in [1.807, 2.05) is 4.90 Å². The molecule has 0 radical (unpaired) electrons. The van der Waals surface area contributed by atoms with Gasteiger partial charge < -0.3 is 9.42 Å². The molecule has 0 amide bonds. The van der Waals surface area contributed by atoms with Gasteiger partial charge in [-0.05, 0) is 19.2 Å². The van der Waals surface area contributed by atoms with E-state index in [1.54, 1.807) is 0 Å². The lowest BCUT2D eigenvalue weighted by Gasteiger charge is -2.27. The third kappa shape index (κ3) is 2.78.